The fourth-order valence-electron chi connectivity index (χ4n) is 1.84. The minimum atomic E-state index is -1.26. The van der Waals surface area contributed by atoms with Crippen molar-refractivity contribution in [2.75, 3.05) is 0 Å². The number of hydrogen-bond donors (Lipinski definition) is 1. The summed E-state index contributed by atoms with van der Waals surface area (Å²) >= 11 is 0. The molecular weight excluding hydrogens is 263 g/mol. The summed E-state index contributed by atoms with van der Waals surface area (Å²) in [6.45, 7) is 0. The fraction of sp³-hybridized carbons (Fsp3) is 0.0714. The van der Waals surface area contributed by atoms with Crippen molar-refractivity contribution >= 4 is 21.8 Å². The predicted octanol–water partition coefficient (Wildman–Crippen LogP) is 3.01. The molecule has 0 bridgehead atoms. The zero-order chi connectivity index (χ0) is 13.2. The molecule has 0 saturated heterocycles. The molecule has 1 unspecified atom stereocenters. The Morgan fingerprint density at radius 2 is 1.84 bits per heavy atom. The first-order valence-corrected chi connectivity index (χ1v) is 7.12. The van der Waals surface area contributed by atoms with Gasteiger partial charge >= 0.3 is 0 Å². The second-order valence-corrected chi connectivity index (χ2v) is 5.54. The van der Waals surface area contributed by atoms with Crippen LogP contribution in [0.5, 0.6) is 0 Å². The number of aromatic amines is 1. The second kappa shape index (κ2) is 4.93. The average Bonchev–Trinajstić information content (AvgIpc) is 2.85. The van der Waals surface area contributed by atoms with E-state index in [0.29, 0.717) is 10.9 Å². The fourth-order valence-corrected chi connectivity index (χ4v) is 2.89. The highest BCUT2D eigenvalue weighted by Crippen LogP contribution is 2.15. The Balaban J connectivity index is 1.85. The van der Waals surface area contributed by atoms with Crippen LogP contribution >= 0.6 is 0 Å². The number of H-pyrrole nitrogens is 1. The summed E-state index contributed by atoms with van der Waals surface area (Å²) in [5.74, 6) is 0.0263. The first kappa shape index (κ1) is 12.0. The molecule has 1 heterocycles. The molecular formula is C14H11FN2OS. The Morgan fingerprint density at radius 3 is 2.58 bits per heavy atom. The van der Waals surface area contributed by atoms with E-state index in [4.69, 9.17) is 0 Å². The third-order valence-corrected chi connectivity index (χ3v) is 4.01. The molecule has 1 aromatic heterocycles. The van der Waals surface area contributed by atoms with Crippen molar-refractivity contribution < 1.29 is 8.60 Å². The lowest BCUT2D eigenvalue weighted by atomic mass is 10.2. The van der Waals surface area contributed by atoms with Gasteiger partial charge in [-0.05, 0) is 29.8 Å². The van der Waals surface area contributed by atoms with Gasteiger partial charge in [-0.15, -0.1) is 0 Å². The highest BCUT2D eigenvalue weighted by molar-refractivity contribution is 7.84. The molecule has 3 rings (SSSR count). The smallest absolute Gasteiger partial charge is 0.197 e. The van der Waals surface area contributed by atoms with Gasteiger partial charge in [0.15, 0.2) is 5.16 Å². The molecule has 0 fully saturated rings. The van der Waals surface area contributed by atoms with Gasteiger partial charge in [0.25, 0.3) is 0 Å². The van der Waals surface area contributed by atoms with Crippen molar-refractivity contribution in [2.24, 2.45) is 0 Å². The standard InChI is InChI=1S/C14H11FN2OS/c15-11-7-5-10(6-8-11)9-19(18)14-16-12-3-1-2-4-13(12)17-14/h1-8H,9H2,(H,16,17). The van der Waals surface area contributed by atoms with Crippen molar-refractivity contribution in [1.29, 1.82) is 0 Å². The third kappa shape index (κ3) is 2.56. The average molecular weight is 274 g/mol. The maximum Gasteiger partial charge on any atom is 0.197 e. The summed E-state index contributed by atoms with van der Waals surface area (Å²) in [5.41, 5.74) is 2.48. The molecule has 0 radical (unpaired) electrons. The van der Waals surface area contributed by atoms with Crippen molar-refractivity contribution in [1.82, 2.24) is 9.97 Å². The number of para-hydroxylation sites is 2. The summed E-state index contributed by atoms with van der Waals surface area (Å²) in [5, 5.41) is 0.450. The van der Waals surface area contributed by atoms with Crippen molar-refractivity contribution in [3.05, 3.63) is 59.9 Å². The molecule has 0 aliphatic carbocycles. The topological polar surface area (TPSA) is 45.8 Å². The molecule has 2 aromatic carbocycles. The maximum atomic E-state index is 12.8. The number of rotatable bonds is 3. The highest BCUT2D eigenvalue weighted by atomic mass is 32.2. The van der Waals surface area contributed by atoms with Crippen molar-refractivity contribution in [2.45, 2.75) is 10.9 Å². The third-order valence-electron chi connectivity index (χ3n) is 2.79. The lowest BCUT2D eigenvalue weighted by Gasteiger charge is -1.99. The first-order chi connectivity index (χ1) is 9.22. The molecule has 3 aromatic rings. The van der Waals surface area contributed by atoms with Gasteiger partial charge < -0.3 is 4.98 Å². The van der Waals surface area contributed by atoms with E-state index >= 15 is 0 Å². The van der Waals surface area contributed by atoms with E-state index in [0.717, 1.165) is 16.6 Å². The number of halogens is 1. The predicted molar refractivity (Wildman–Crippen MR) is 72.6 cm³/mol. The van der Waals surface area contributed by atoms with E-state index in [1.807, 2.05) is 24.3 Å². The quantitative estimate of drug-likeness (QED) is 0.798. The van der Waals surface area contributed by atoms with Gasteiger partial charge in [-0.25, -0.2) is 9.37 Å². The highest BCUT2D eigenvalue weighted by Gasteiger charge is 2.10. The Morgan fingerprint density at radius 1 is 1.11 bits per heavy atom. The van der Waals surface area contributed by atoms with E-state index in [2.05, 4.69) is 9.97 Å². The van der Waals surface area contributed by atoms with Crippen molar-refractivity contribution in [3.8, 4) is 0 Å². The minimum Gasteiger partial charge on any atom is -0.331 e. The Bertz CT molecular complexity index is 704. The van der Waals surface area contributed by atoms with E-state index in [1.165, 1.54) is 12.1 Å². The van der Waals surface area contributed by atoms with Gasteiger partial charge in [0.05, 0.1) is 27.6 Å². The summed E-state index contributed by atoms with van der Waals surface area (Å²) in [7, 11) is -1.26. The van der Waals surface area contributed by atoms with Gasteiger partial charge in [-0.3, -0.25) is 4.21 Å². The molecule has 19 heavy (non-hydrogen) atoms. The van der Waals surface area contributed by atoms with Crippen LogP contribution in [0.25, 0.3) is 11.0 Å². The molecule has 0 spiro atoms. The summed E-state index contributed by atoms with van der Waals surface area (Å²) in [6.07, 6.45) is 0. The second-order valence-electron chi connectivity index (χ2n) is 4.18. The van der Waals surface area contributed by atoms with Crippen LogP contribution in [-0.4, -0.2) is 14.2 Å². The number of hydrogen-bond acceptors (Lipinski definition) is 2. The Kier molecular flexibility index (Phi) is 3.13. The van der Waals surface area contributed by atoms with E-state index in [-0.39, 0.29) is 5.82 Å². The molecule has 0 aliphatic heterocycles. The zero-order valence-electron chi connectivity index (χ0n) is 9.97. The van der Waals surface area contributed by atoms with Crippen LogP contribution in [0, 0.1) is 5.82 Å². The van der Waals surface area contributed by atoms with Crippen LogP contribution in [0.15, 0.2) is 53.7 Å². The van der Waals surface area contributed by atoms with E-state index in [1.54, 1.807) is 12.1 Å². The van der Waals surface area contributed by atoms with E-state index in [9.17, 15) is 8.60 Å². The molecule has 0 aliphatic rings. The monoisotopic (exact) mass is 274 g/mol. The van der Waals surface area contributed by atoms with Gasteiger partial charge in [-0.1, -0.05) is 24.3 Å². The lowest BCUT2D eigenvalue weighted by molar-refractivity contribution is 0.627. The zero-order valence-corrected chi connectivity index (χ0v) is 10.8. The SMILES string of the molecule is O=S(Cc1ccc(F)cc1)c1nc2ccccc2[nH]1. The number of nitrogens with zero attached hydrogens (tertiary/aromatic N) is 1. The van der Waals surface area contributed by atoms with Gasteiger partial charge in [0, 0.05) is 0 Å². The van der Waals surface area contributed by atoms with Gasteiger partial charge in [0.2, 0.25) is 0 Å². The maximum absolute atomic E-state index is 12.8. The van der Waals surface area contributed by atoms with Crippen molar-refractivity contribution in [3.63, 3.8) is 0 Å². The van der Waals surface area contributed by atoms with Gasteiger partial charge in [-0.2, -0.15) is 0 Å². The minimum absolute atomic E-state index is 0.293. The summed E-state index contributed by atoms with van der Waals surface area (Å²) in [4.78, 5) is 7.34. The molecule has 0 amide bonds. The molecule has 3 nitrogen and oxygen atoms in total. The van der Waals surface area contributed by atoms with Crippen LogP contribution in [0.2, 0.25) is 0 Å². The van der Waals surface area contributed by atoms with E-state index < -0.39 is 10.8 Å². The first-order valence-electron chi connectivity index (χ1n) is 5.80. The van der Waals surface area contributed by atoms with Crippen LogP contribution in [0.4, 0.5) is 4.39 Å². The Labute approximate surface area is 112 Å². The molecule has 1 N–H and O–H groups in total. The van der Waals surface area contributed by atoms with Gasteiger partial charge in [0.1, 0.15) is 5.82 Å². The molecule has 1 atom stereocenters. The van der Waals surface area contributed by atoms with Crippen LogP contribution in [0.1, 0.15) is 5.56 Å². The number of nitrogens with one attached hydrogen (secondary N) is 1. The van der Waals surface area contributed by atoms with Crippen LogP contribution in [-0.2, 0) is 16.6 Å². The number of fused-ring (bicyclic) bond motifs is 1. The molecule has 96 valence electrons. The lowest BCUT2D eigenvalue weighted by Crippen LogP contribution is -1.98. The summed E-state index contributed by atoms with van der Waals surface area (Å²) < 4.78 is 25.0. The number of aromatic nitrogens is 2. The molecule has 5 heteroatoms. The normalized spacial score (nSPS) is 12.7. The largest absolute Gasteiger partial charge is 0.331 e. The molecule has 0 saturated carbocycles. The summed E-state index contributed by atoms with van der Waals surface area (Å²) in [6, 6.07) is 13.5. The Hall–Kier alpha value is -2.01. The number of benzene rings is 2. The van der Waals surface area contributed by atoms with Crippen LogP contribution in [0.3, 0.4) is 0 Å². The van der Waals surface area contributed by atoms with Crippen LogP contribution < -0.4 is 0 Å². The number of imidazole rings is 1.